The van der Waals surface area contributed by atoms with Gasteiger partial charge in [0.25, 0.3) is 11.8 Å². The smallest absolute Gasteiger partial charge is 0.269 e. The van der Waals surface area contributed by atoms with E-state index in [-0.39, 0.29) is 23.1 Å². The van der Waals surface area contributed by atoms with Crippen molar-refractivity contribution >= 4 is 5.91 Å². The molecule has 8 heteroatoms. The second-order valence-corrected chi connectivity index (χ2v) is 8.22. The average molecular weight is 427 g/mol. The molecule has 1 aliphatic heterocycles. The van der Waals surface area contributed by atoms with Crippen LogP contribution in [0.2, 0.25) is 0 Å². The first kappa shape index (κ1) is 22.2. The molecule has 3 nitrogen and oxygen atoms in total. The molecule has 0 saturated carbocycles. The number of benzene rings is 2. The molecule has 1 saturated heterocycles. The molecule has 0 aromatic heterocycles. The van der Waals surface area contributed by atoms with Gasteiger partial charge in [-0.15, -0.1) is 0 Å². The van der Waals surface area contributed by atoms with E-state index >= 15 is 4.39 Å². The van der Waals surface area contributed by atoms with Gasteiger partial charge in [0.15, 0.2) is 0 Å². The van der Waals surface area contributed by atoms with Crippen LogP contribution in [0.5, 0.6) is 0 Å². The van der Waals surface area contributed by atoms with Gasteiger partial charge in [0.2, 0.25) is 0 Å². The summed E-state index contributed by atoms with van der Waals surface area (Å²) >= 11 is 0. The van der Waals surface area contributed by atoms with Crippen LogP contribution in [0, 0.1) is 23.4 Å². The highest BCUT2D eigenvalue weighted by Gasteiger charge is 2.54. The lowest BCUT2D eigenvalue weighted by Crippen LogP contribution is -2.49. The molecule has 0 bridgehead atoms. The van der Waals surface area contributed by atoms with Gasteiger partial charge in [-0.1, -0.05) is 25.1 Å². The number of hydrogen-bond donors (Lipinski definition) is 1. The second kappa shape index (κ2) is 7.65. The number of alkyl halides is 2. The summed E-state index contributed by atoms with van der Waals surface area (Å²) in [5, 5.41) is 10.0. The molecule has 0 unspecified atom stereocenters. The van der Waals surface area contributed by atoms with Gasteiger partial charge in [-0.25, -0.2) is 22.0 Å². The zero-order valence-corrected chi connectivity index (χ0v) is 16.7. The standard InChI is InChI=1S/C22H22F5NO2/c1-12-18(28(11-22(12,26)27)20(29)21(2,3)30)9-13-5-4-6-15(19(13)25)16-10-14(23)7-8-17(16)24/h4-8,10,12,18,30H,9,11H2,1-3H3/t12-,18+/m1/s1. The Morgan fingerprint density at radius 1 is 1.17 bits per heavy atom. The molecule has 2 aromatic rings. The Bertz CT molecular complexity index is 970. The van der Waals surface area contributed by atoms with Gasteiger partial charge >= 0.3 is 0 Å². The molecule has 0 aliphatic carbocycles. The summed E-state index contributed by atoms with van der Waals surface area (Å²) in [4.78, 5) is 13.4. The van der Waals surface area contributed by atoms with E-state index in [4.69, 9.17) is 0 Å². The third-order valence-electron chi connectivity index (χ3n) is 5.54. The van der Waals surface area contributed by atoms with Crippen LogP contribution in [0.3, 0.4) is 0 Å². The van der Waals surface area contributed by atoms with E-state index < -0.39 is 53.4 Å². The summed E-state index contributed by atoms with van der Waals surface area (Å²) in [5.74, 6) is -7.84. The maximum atomic E-state index is 15.2. The first-order chi connectivity index (χ1) is 13.8. The minimum atomic E-state index is -3.21. The van der Waals surface area contributed by atoms with Gasteiger partial charge in [-0.05, 0) is 44.0 Å². The molecule has 2 aromatic carbocycles. The number of aliphatic hydroxyl groups is 1. The normalized spacial score (nSPS) is 21.2. The number of hydrogen-bond acceptors (Lipinski definition) is 2. The molecule has 1 aliphatic rings. The van der Waals surface area contributed by atoms with Crippen molar-refractivity contribution in [2.24, 2.45) is 5.92 Å². The van der Waals surface area contributed by atoms with Crippen molar-refractivity contribution in [2.75, 3.05) is 6.54 Å². The summed E-state index contributed by atoms with van der Waals surface area (Å²) in [6.45, 7) is 2.76. The topological polar surface area (TPSA) is 40.5 Å². The first-order valence-corrected chi connectivity index (χ1v) is 9.47. The monoisotopic (exact) mass is 427 g/mol. The number of likely N-dealkylation sites (tertiary alicyclic amines) is 1. The summed E-state index contributed by atoms with van der Waals surface area (Å²) < 4.78 is 71.6. The summed E-state index contributed by atoms with van der Waals surface area (Å²) in [6, 6.07) is 5.59. The number of rotatable bonds is 4. The zero-order chi connectivity index (χ0) is 22.4. The third-order valence-corrected chi connectivity index (χ3v) is 5.54. The summed E-state index contributed by atoms with van der Waals surface area (Å²) in [6.07, 6.45) is -0.269. The Hall–Kier alpha value is -2.48. The molecule has 0 radical (unpaired) electrons. The average Bonchev–Trinajstić information content (AvgIpc) is 2.87. The molecule has 1 amide bonds. The molecular weight excluding hydrogens is 405 g/mol. The first-order valence-electron chi connectivity index (χ1n) is 9.47. The zero-order valence-electron chi connectivity index (χ0n) is 16.7. The lowest BCUT2D eigenvalue weighted by Gasteiger charge is -2.31. The van der Waals surface area contributed by atoms with Gasteiger partial charge in [0.1, 0.15) is 23.1 Å². The van der Waals surface area contributed by atoms with E-state index in [2.05, 4.69) is 0 Å². The Balaban J connectivity index is 2.00. The summed E-state index contributed by atoms with van der Waals surface area (Å²) in [7, 11) is 0. The number of amides is 1. The van der Waals surface area contributed by atoms with Crippen molar-refractivity contribution in [2.45, 2.75) is 44.8 Å². The number of nitrogens with zero attached hydrogens (tertiary/aromatic N) is 1. The van der Waals surface area contributed by atoms with Crippen LogP contribution >= 0.6 is 0 Å². The predicted molar refractivity (Wildman–Crippen MR) is 101 cm³/mol. The van der Waals surface area contributed by atoms with Crippen molar-refractivity contribution in [3.63, 3.8) is 0 Å². The van der Waals surface area contributed by atoms with Gasteiger partial charge in [0.05, 0.1) is 6.54 Å². The molecular formula is C22H22F5NO2. The predicted octanol–water partition coefficient (Wildman–Crippen LogP) is 4.57. The number of halogens is 5. The van der Waals surface area contributed by atoms with Gasteiger partial charge < -0.3 is 10.0 Å². The molecule has 2 atom stereocenters. The Morgan fingerprint density at radius 2 is 1.83 bits per heavy atom. The van der Waals surface area contributed by atoms with Crippen LogP contribution in [0.15, 0.2) is 36.4 Å². The highest BCUT2D eigenvalue weighted by atomic mass is 19.3. The van der Waals surface area contributed by atoms with Crippen molar-refractivity contribution in [1.29, 1.82) is 0 Å². The lowest BCUT2D eigenvalue weighted by atomic mass is 9.91. The minimum Gasteiger partial charge on any atom is -0.381 e. The van der Waals surface area contributed by atoms with E-state index in [1.54, 1.807) is 0 Å². The van der Waals surface area contributed by atoms with E-state index in [9.17, 15) is 27.5 Å². The third kappa shape index (κ3) is 4.05. The maximum Gasteiger partial charge on any atom is 0.269 e. The van der Waals surface area contributed by atoms with Crippen LogP contribution in [-0.4, -0.2) is 40.0 Å². The van der Waals surface area contributed by atoms with Crippen molar-refractivity contribution < 1.29 is 31.9 Å². The molecule has 30 heavy (non-hydrogen) atoms. The fourth-order valence-corrected chi connectivity index (χ4v) is 3.78. The van der Waals surface area contributed by atoms with Crippen LogP contribution in [-0.2, 0) is 11.2 Å². The van der Waals surface area contributed by atoms with Gasteiger partial charge in [-0.3, -0.25) is 4.79 Å². The van der Waals surface area contributed by atoms with E-state index in [1.807, 2.05) is 0 Å². The van der Waals surface area contributed by atoms with E-state index in [0.717, 1.165) is 23.1 Å². The fraction of sp³-hybridized carbons (Fsp3) is 0.409. The van der Waals surface area contributed by atoms with E-state index in [0.29, 0.717) is 0 Å². The largest absolute Gasteiger partial charge is 0.381 e. The van der Waals surface area contributed by atoms with Crippen molar-refractivity contribution in [3.05, 3.63) is 59.4 Å². The molecule has 1 fully saturated rings. The minimum absolute atomic E-state index is 0.0146. The SMILES string of the molecule is C[C@@H]1[C@H](Cc2cccc(-c3cc(F)ccc3F)c2F)N(C(=O)C(C)(C)O)CC1(F)F. The Labute approximate surface area is 171 Å². The quantitative estimate of drug-likeness (QED) is 0.727. The second-order valence-electron chi connectivity index (χ2n) is 8.22. The number of carbonyl (C=O) groups excluding carboxylic acids is 1. The van der Waals surface area contributed by atoms with Crippen molar-refractivity contribution in [1.82, 2.24) is 4.90 Å². The van der Waals surface area contributed by atoms with Gasteiger partial charge in [0, 0.05) is 23.1 Å². The number of carbonyl (C=O) groups is 1. The Kier molecular flexibility index (Phi) is 5.66. The Morgan fingerprint density at radius 3 is 2.47 bits per heavy atom. The van der Waals surface area contributed by atoms with Crippen LogP contribution < -0.4 is 0 Å². The maximum absolute atomic E-state index is 15.2. The highest BCUT2D eigenvalue weighted by Crippen LogP contribution is 2.40. The van der Waals surface area contributed by atoms with E-state index in [1.165, 1.54) is 39.0 Å². The summed E-state index contributed by atoms with van der Waals surface area (Å²) in [5.41, 5.74) is -2.38. The molecule has 1 heterocycles. The molecule has 3 rings (SSSR count). The van der Waals surface area contributed by atoms with Crippen LogP contribution in [0.25, 0.3) is 11.1 Å². The van der Waals surface area contributed by atoms with Crippen LogP contribution in [0.4, 0.5) is 22.0 Å². The highest BCUT2D eigenvalue weighted by molar-refractivity contribution is 5.84. The molecule has 0 spiro atoms. The molecule has 162 valence electrons. The van der Waals surface area contributed by atoms with Crippen LogP contribution in [0.1, 0.15) is 26.3 Å². The van der Waals surface area contributed by atoms with Gasteiger partial charge in [-0.2, -0.15) is 0 Å². The lowest BCUT2D eigenvalue weighted by molar-refractivity contribution is -0.149. The van der Waals surface area contributed by atoms with Crippen molar-refractivity contribution in [3.8, 4) is 11.1 Å². The molecule has 1 N–H and O–H groups in total. The fourth-order valence-electron chi connectivity index (χ4n) is 3.78.